The summed E-state index contributed by atoms with van der Waals surface area (Å²) in [6, 6.07) is 8.81. The molecule has 2 aromatic carbocycles. The molecule has 0 amide bonds. The third-order valence-corrected chi connectivity index (χ3v) is 5.63. The Morgan fingerprint density at radius 1 is 0.742 bits per heavy atom. The molecule has 2 rings (SSSR count). The van der Waals surface area contributed by atoms with E-state index in [2.05, 4.69) is 13.8 Å². The van der Waals surface area contributed by atoms with E-state index >= 15 is 0 Å². The molecule has 0 fully saturated rings. The van der Waals surface area contributed by atoms with Gasteiger partial charge in [0.2, 0.25) is 0 Å². The summed E-state index contributed by atoms with van der Waals surface area (Å²) >= 11 is 0. The summed E-state index contributed by atoms with van der Waals surface area (Å²) in [4.78, 5) is 11.1. The van der Waals surface area contributed by atoms with Gasteiger partial charge in [-0.1, -0.05) is 90.2 Å². The first-order chi connectivity index (χ1) is 15.2. The lowest BCUT2D eigenvalue weighted by atomic mass is 10.1. The Kier molecular flexibility index (Phi) is 11.8. The lowest BCUT2D eigenvalue weighted by molar-refractivity contribution is -0.383. The number of rotatable bonds is 17. The van der Waals surface area contributed by atoms with Crippen LogP contribution < -0.4 is 9.47 Å². The zero-order chi connectivity index (χ0) is 22.3. The number of nitro benzene ring substituents is 1. The molecule has 2 aromatic rings. The molecule has 0 saturated carbocycles. The number of unbranched alkanes of at least 4 members (excludes halogenated alkanes) is 10. The van der Waals surface area contributed by atoms with Crippen molar-refractivity contribution in [3.05, 3.63) is 40.4 Å². The summed E-state index contributed by atoms with van der Waals surface area (Å²) in [5.41, 5.74) is 0.101. The SMILES string of the molecule is CCCCCCCCOc1cc2cccc([N+](=O)[O-])c2cc1OCCCCCCCC. The molecule has 0 N–H and O–H groups in total. The third kappa shape index (κ3) is 8.76. The summed E-state index contributed by atoms with van der Waals surface area (Å²) < 4.78 is 12.1. The van der Waals surface area contributed by atoms with Crippen LogP contribution in [0.3, 0.4) is 0 Å². The van der Waals surface area contributed by atoms with Gasteiger partial charge in [-0.05, 0) is 30.4 Å². The highest BCUT2D eigenvalue weighted by Crippen LogP contribution is 2.36. The number of hydrogen-bond donors (Lipinski definition) is 0. The summed E-state index contributed by atoms with van der Waals surface area (Å²) in [5, 5.41) is 12.8. The molecule has 0 radical (unpaired) electrons. The summed E-state index contributed by atoms with van der Waals surface area (Å²) in [6.45, 7) is 5.68. The van der Waals surface area contributed by atoms with Gasteiger partial charge in [0.15, 0.2) is 11.5 Å². The van der Waals surface area contributed by atoms with Crippen LogP contribution in [0.1, 0.15) is 90.9 Å². The van der Waals surface area contributed by atoms with E-state index in [4.69, 9.17) is 9.47 Å². The highest BCUT2D eigenvalue weighted by molar-refractivity contribution is 5.93. The zero-order valence-electron chi connectivity index (χ0n) is 19.4. The van der Waals surface area contributed by atoms with Gasteiger partial charge < -0.3 is 9.47 Å². The van der Waals surface area contributed by atoms with Crippen molar-refractivity contribution in [1.82, 2.24) is 0 Å². The van der Waals surface area contributed by atoms with Crippen molar-refractivity contribution in [2.45, 2.75) is 90.9 Å². The molecule has 0 saturated heterocycles. The molecule has 172 valence electrons. The lowest BCUT2D eigenvalue weighted by Crippen LogP contribution is -2.03. The van der Waals surface area contributed by atoms with Crippen molar-refractivity contribution in [3.63, 3.8) is 0 Å². The number of non-ortho nitro benzene ring substituents is 1. The predicted octanol–water partition coefficient (Wildman–Crippen LogP) is 8.23. The largest absolute Gasteiger partial charge is 0.490 e. The number of nitro groups is 1. The minimum Gasteiger partial charge on any atom is -0.490 e. The summed E-state index contributed by atoms with van der Waals surface area (Å²) in [5.74, 6) is 1.30. The van der Waals surface area contributed by atoms with Crippen molar-refractivity contribution in [2.75, 3.05) is 13.2 Å². The van der Waals surface area contributed by atoms with Crippen LogP contribution in [0, 0.1) is 10.1 Å². The number of ether oxygens (including phenoxy) is 2. The molecule has 0 aliphatic carbocycles. The van der Waals surface area contributed by atoms with E-state index in [-0.39, 0.29) is 10.6 Å². The van der Waals surface area contributed by atoms with Gasteiger partial charge in [-0.2, -0.15) is 0 Å². The molecular formula is C26H39NO4. The van der Waals surface area contributed by atoms with Crippen molar-refractivity contribution in [3.8, 4) is 11.5 Å². The Morgan fingerprint density at radius 3 is 1.81 bits per heavy atom. The first kappa shape index (κ1) is 25.0. The van der Waals surface area contributed by atoms with Gasteiger partial charge in [-0.25, -0.2) is 0 Å². The fourth-order valence-electron chi connectivity index (χ4n) is 3.78. The quantitative estimate of drug-likeness (QED) is 0.144. The van der Waals surface area contributed by atoms with Gasteiger partial charge >= 0.3 is 0 Å². The molecular weight excluding hydrogens is 390 g/mol. The monoisotopic (exact) mass is 429 g/mol. The Balaban J connectivity index is 2.02. The zero-order valence-corrected chi connectivity index (χ0v) is 19.4. The maximum absolute atomic E-state index is 11.4. The van der Waals surface area contributed by atoms with E-state index < -0.39 is 0 Å². The second-order valence-electron chi connectivity index (χ2n) is 8.29. The fourth-order valence-corrected chi connectivity index (χ4v) is 3.78. The van der Waals surface area contributed by atoms with Crippen molar-refractivity contribution in [2.24, 2.45) is 0 Å². The Morgan fingerprint density at radius 2 is 1.26 bits per heavy atom. The van der Waals surface area contributed by atoms with Gasteiger partial charge in [0.25, 0.3) is 5.69 Å². The van der Waals surface area contributed by atoms with Crippen LogP contribution in [-0.2, 0) is 0 Å². The maximum Gasteiger partial charge on any atom is 0.277 e. The molecule has 0 aliphatic heterocycles. The van der Waals surface area contributed by atoms with Crippen LogP contribution in [0.15, 0.2) is 30.3 Å². The Hall–Kier alpha value is -2.30. The second-order valence-corrected chi connectivity index (χ2v) is 8.29. The van der Waals surface area contributed by atoms with Gasteiger partial charge in [0, 0.05) is 6.07 Å². The standard InChI is InChI=1S/C26H39NO4/c1-3-5-7-9-11-13-18-30-25-20-22-16-15-17-24(27(28)29)23(22)21-26(25)31-19-14-12-10-8-6-4-2/h15-17,20-21H,3-14,18-19H2,1-2H3. The average Bonchev–Trinajstić information content (AvgIpc) is 2.77. The van der Waals surface area contributed by atoms with Crippen LogP contribution in [0.5, 0.6) is 11.5 Å². The number of benzene rings is 2. The van der Waals surface area contributed by atoms with Gasteiger partial charge in [0.05, 0.1) is 23.5 Å². The normalized spacial score (nSPS) is 11.0. The molecule has 5 heteroatoms. The minimum absolute atomic E-state index is 0.101. The smallest absolute Gasteiger partial charge is 0.277 e. The van der Waals surface area contributed by atoms with Gasteiger partial charge in [-0.15, -0.1) is 0 Å². The average molecular weight is 430 g/mol. The van der Waals surface area contributed by atoms with Crippen LogP contribution in [-0.4, -0.2) is 18.1 Å². The van der Waals surface area contributed by atoms with E-state index in [0.717, 1.165) is 31.1 Å². The molecule has 0 aliphatic rings. The van der Waals surface area contributed by atoms with E-state index in [0.29, 0.717) is 30.1 Å². The molecule has 0 bridgehead atoms. The first-order valence-corrected chi connectivity index (χ1v) is 12.1. The molecule has 0 heterocycles. The van der Waals surface area contributed by atoms with Gasteiger partial charge in [0.1, 0.15) is 0 Å². The van der Waals surface area contributed by atoms with E-state index in [9.17, 15) is 10.1 Å². The second kappa shape index (κ2) is 14.7. The fraction of sp³-hybridized carbons (Fsp3) is 0.615. The highest BCUT2D eigenvalue weighted by Gasteiger charge is 2.16. The van der Waals surface area contributed by atoms with Crippen molar-refractivity contribution >= 4 is 16.5 Å². The van der Waals surface area contributed by atoms with Crippen LogP contribution in [0.2, 0.25) is 0 Å². The molecule has 0 unspecified atom stereocenters. The first-order valence-electron chi connectivity index (χ1n) is 12.1. The van der Waals surface area contributed by atoms with Crippen LogP contribution in [0.4, 0.5) is 5.69 Å². The predicted molar refractivity (Wildman–Crippen MR) is 128 cm³/mol. The minimum atomic E-state index is -0.337. The number of fused-ring (bicyclic) bond motifs is 1. The summed E-state index contributed by atoms with van der Waals surface area (Å²) in [7, 11) is 0. The molecule has 0 aromatic heterocycles. The number of hydrogen-bond acceptors (Lipinski definition) is 4. The lowest BCUT2D eigenvalue weighted by Gasteiger charge is -2.14. The summed E-state index contributed by atoms with van der Waals surface area (Å²) in [6.07, 6.45) is 14.4. The molecule has 0 atom stereocenters. The highest BCUT2D eigenvalue weighted by atomic mass is 16.6. The Labute approximate surface area is 187 Å². The van der Waals surface area contributed by atoms with E-state index in [1.54, 1.807) is 12.1 Å². The van der Waals surface area contributed by atoms with Gasteiger partial charge in [-0.3, -0.25) is 10.1 Å². The van der Waals surface area contributed by atoms with Crippen LogP contribution in [0.25, 0.3) is 10.8 Å². The molecule has 0 spiro atoms. The molecule has 5 nitrogen and oxygen atoms in total. The van der Waals surface area contributed by atoms with E-state index in [1.807, 2.05) is 12.1 Å². The third-order valence-electron chi connectivity index (χ3n) is 5.63. The van der Waals surface area contributed by atoms with Crippen molar-refractivity contribution in [1.29, 1.82) is 0 Å². The van der Waals surface area contributed by atoms with Crippen LogP contribution >= 0.6 is 0 Å². The van der Waals surface area contributed by atoms with Crippen molar-refractivity contribution < 1.29 is 14.4 Å². The Bertz CT molecular complexity index is 790. The maximum atomic E-state index is 11.4. The van der Waals surface area contributed by atoms with E-state index in [1.165, 1.54) is 57.4 Å². The topological polar surface area (TPSA) is 61.6 Å². The molecule has 31 heavy (non-hydrogen) atoms. The number of nitrogens with zero attached hydrogens (tertiary/aromatic N) is 1.